The molecular formula is C38H60N2O6S4Si2. The van der Waals surface area contributed by atoms with Gasteiger partial charge in [-0.25, -0.2) is 9.97 Å². The number of hydrogen-bond donors (Lipinski definition) is 0. The molecule has 14 heteroatoms. The second-order valence-corrected chi connectivity index (χ2v) is 24.1. The standard InChI is InChI=1S/C38H60N2O6S4Si2/c1-9-23-41-51(42-24-10-2,43-25-11-3)37(7,35-39-31-19-15-17-21-33(31)49-35)29-47-48-30-38(8,36-40-32-20-16-18-22-34(32)50-36)52(44-26-12-4,45-27-13-5)46-28-14-6/h15-22H,9-14,23-30H2,1-8H3. The van der Waals surface area contributed by atoms with Crippen molar-refractivity contribution in [1.82, 2.24) is 9.97 Å². The number of fused-ring (bicyclic) bond motifs is 2. The van der Waals surface area contributed by atoms with Crippen LogP contribution in [0.25, 0.3) is 20.4 Å². The molecule has 2 aromatic heterocycles. The second kappa shape index (κ2) is 21.4. The molecule has 0 aliphatic carbocycles. The zero-order valence-electron chi connectivity index (χ0n) is 32.5. The van der Waals surface area contributed by atoms with Crippen LogP contribution in [0.2, 0.25) is 0 Å². The first kappa shape index (κ1) is 43.8. The van der Waals surface area contributed by atoms with Crippen molar-refractivity contribution in [2.75, 3.05) is 51.1 Å². The fraction of sp³-hybridized carbons (Fsp3) is 0.632. The van der Waals surface area contributed by atoms with Crippen LogP contribution < -0.4 is 0 Å². The summed E-state index contributed by atoms with van der Waals surface area (Å²) in [6.07, 6.45) is 5.24. The first-order valence-corrected chi connectivity index (χ1v) is 26.6. The van der Waals surface area contributed by atoms with E-state index in [0.717, 1.165) is 69.0 Å². The molecule has 0 radical (unpaired) electrons. The Bertz CT molecular complexity index is 1400. The Morgan fingerprint density at radius 1 is 0.500 bits per heavy atom. The van der Waals surface area contributed by atoms with E-state index in [9.17, 15) is 0 Å². The normalized spacial score (nSPS) is 15.0. The summed E-state index contributed by atoms with van der Waals surface area (Å²) in [5.41, 5.74) is 1.98. The van der Waals surface area contributed by atoms with Gasteiger partial charge >= 0.3 is 17.6 Å². The number of hydrogen-bond acceptors (Lipinski definition) is 12. The Morgan fingerprint density at radius 3 is 1.06 bits per heavy atom. The van der Waals surface area contributed by atoms with E-state index >= 15 is 0 Å². The van der Waals surface area contributed by atoms with Crippen molar-refractivity contribution >= 4 is 82.3 Å². The number of para-hydroxylation sites is 2. The minimum absolute atomic E-state index is 0.569. The van der Waals surface area contributed by atoms with E-state index in [-0.39, 0.29) is 0 Å². The Kier molecular flexibility index (Phi) is 18.1. The van der Waals surface area contributed by atoms with Crippen LogP contribution in [0.15, 0.2) is 48.5 Å². The highest BCUT2D eigenvalue weighted by Gasteiger charge is 2.63. The molecule has 0 saturated heterocycles. The molecule has 2 unspecified atom stereocenters. The third-order valence-corrected chi connectivity index (χ3v) is 21.9. The van der Waals surface area contributed by atoms with Crippen molar-refractivity contribution in [2.45, 2.75) is 104 Å². The minimum Gasteiger partial charge on any atom is -0.373 e. The van der Waals surface area contributed by atoms with Crippen LogP contribution in [0.4, 0.5) is 0 Å². The number of thiazole rings is 2. The first-order chi connectivity index (χ1) is 25.2. The summed E-state index contributed by atoms with van der Waals surface area (Å²) in [6, 6.07) is 16.7. The van der Waals surface area contributed by atoms with Crippen molar-refractivity contribution < 1.29 is 26.6 Å². The summed E-state index contributed by atoms with van der Waals surface area (Å²) in [7, 11) is -3.06. The highest BCUT2D eigenvalue weighted by molar-refractivity contribution is 8.76. The molecule has 290 valence electrons. The fourth-order valence-corrected chi connectivity index (χ4v) is 20.2. The lowest BCUT2D eigenvalue weighted by Gasteiger charge is -2.43. The van der Waals surface area contributed by atoms with Crippen molar-refractivity contribution in [3.8, 4) is 0 Å². The highest BCUT2D eigenvalue weighted by atomic mass is 33.1. The molecule has 0 amide bonds. The van der Waals surface area contributed by atoms with Gasteiger partial charge in [0.1, 0.15) is 10.0 Å². The maximum Gasteiger partial charge on any atom is 0.515 e. The van der Waals surface area contributed by atoms with Crippen LogP contribution in [0, 0.1) is 0 Å². The highest BCUT2D eigenvalue weighted by Crippen LogP contribution is 2.48. The number of aromatic nitrogens is 2. The molecule has 2 heterocycles. The Morgan fingerprint density at radius 2 is 0.788 bits per heavy atom. The van der Waals surface area contributed by atoms with Gasteiger partial charge in [0.05, 0.1) is 30.5 Å². The van der Waals surface area contributed by atoms with E-state index in [0.29, 0.717) is 51.1 Å². The summed E-state index contributed by atoms with van der Waals surface area (Å²) in [5, 5.41) is 0.784. The number of nitrogens with zero attached hydrogens (tertiary/aromatic N) is 2. The second-order valence-electron chi connectivity index (χ2n) is 13.4. The van der Waals surface area contributed by atoms with Gasteiger partial charge in [0.25, 0.3) is 0 Å². The summed E-state index contributed by atoms with van der Waals surface area (Å²) in [4.78, 5) is 10.5. The van der Waals surface area contributed by atoms with Crippen molar-refractivity contribution in [3.63, 3.8) is 0 Å². The van der Waals surface area contributed by atoms with E-state index < -0.39 is 27.7 Å². The molecular weight excluding hydrogens is 765 g/mol. The lowest BCUT2D eigenvalue weighted by atomic mass is 10.2. The van der Waals surface area contributed by atoms with E-state index in [1.54, 1.807) is 22.7 Å². The molecule has 0 fully saturated rings. The third-order valence-electron chi connectivity index (χ3n) is 8.64. The van der Waals surface area contributed by atoms with Crippen LogP contribution in [-0.2, 0) is 36.6 Å². The van der Waals surface area contributed by atoms with E-state index in [2.05, 4.69) is 91.8 Å². The molecule has 0 aliphatic heterocycles. The monoisotopic (exact) mass is 824 g/mol. The van der Waals surface area contributed by atoms with Gasteiger partial charge in [-0.2, -0.15) is 0 Å². The molecule has 8 nitrogen and oxygen atoms in total. The van der Waals surface area contributed by atoms with Crippen molar-refractivity contribution in [3.05, 3.63) is 58.5 Å². The summed E-state index contributed by atoms with van der Waals surface area (Å²) in [5.74, 6) is 1.37. The smallest absolute Gasteiger partial charge is 0.373 e. The van der Waals surface area contributed by atoms with Crippen LogP contribution >= 0.6 is 44.3 Å². The maximum absolute atomic E-state index is 6.86. The molecule has 4 aromatic rings. The van der Waals surface area contributed by atoms with Gasteiger partial charge < -0.3 is 26.6 Å². The molecule has 2 aromatic carbocycles. The zero-order valence-corrected chi connectivity index (χ0v) is 37.8. The topological polar surface area (TPSA) is 81.2 Å². The molecule has 4 rings (SSSR count). The largest absolute Gasteiger partial charge is 0.515 e. The van der Waals surface area contributed by atoms with E-state index in [1.807, 2.05) is 33.7 Å². The van der Waals surface area contributed by atoms with Gasteiger partial charge in [0.15, 0.2) is 0 Å². The first-order valence-electron chi connectivity index (χ1n) is 19.0. The average molecular weight is 825 g/mol. The molecule has 0 bridgehead atoms. The average Bonchev–Trinajstić information content (AvgIpc) is 3.82. The summed E-state index contributed by atoms with van der Waals surface area (Å²) in [6.45, 7) is 20.8. The Hall–Kier alpha value is -0.886. The van der Waals surface area contributed by atoms with Gasteiger partial charge in [-0.1, -0.05) is 87.4 Å². The fourth-order valence-electron chi connectivity index (χ4n) is 5.72. The van der Waals surface area contributed by atoms with E-state index in [1.165, 1.54) is 0 Å². The van der Waals surface area contributed by atoms with Crippen molar-refractivity contribution in [2.24, 2.45) is 0 Å². The molecule has 0 aliphatic rings. The summed E-state index contributed by atoms with van der Waals surface area (Å²) >= 11 is 3.45. The van der Waals surface area contributed by atoms with Gasteiger partial charge in [-0.05, 0) is 76.6 Å². The lowest BCUT2D eigenvalue weighted by molar-refractivity contribution is 0.0384. The summed E-state index contributed by atoms with van der Waals surface area (Å²) < 4.78 is 43.5. The number of benzene rings is 2. The van der Waals surface area contributed by atoms with Crippen LogP contribution in [0.5, 0.6) is 0 Å². The molecule has 0 saturated carbocycles. The van der Waals surface area contributed by atoms with Crippen LogP contribution in [0.3, 0.4) is 0 Å². The minimum atomic E-state index is -3.35. The zero-order chi connectivity index (χ0) is 37.5. The third kappa shape index (κ3) is 10.1. The van der Waals surface area contributed by atoms with Crippen LogP contribution in [0.1, 0.15) is 104 Å². The Labute approximate surface area is 330 Å². The molecule has 52 heavy (non-hydrogen) atoms. The van der Waals surface area contributed by atoms with Gasteiger partial charge in [-0.3, -0.25) is 0 Å². The van der Waals surface area contributed by atoms with Crippen LogP contribution in [-0.4, -0.2) is 78.7 Å². The molecule has 0 N–H and O–H groups in total. The van der Waals surface area contributed by atoms with E-state index in [4.69, 9.17) is 36.5 Å². The van der Waals surface area contributed by atoms with Gasteiger partial charge in [0.2, 0.25) is 0 Å². The SMILES string of the molecule is CCCO[Si](OCCC)(OCCC)C(C)(CSSCC(C)(c1nc2ccccc2s1)[Si](OCCC)(OCCC)OCCC)c1nc2ccccc2s1. The van der Waals surface area contributed by atoms with Gasteiger partial charge in [-0.15, -0.1) is 22.7 Å². The lowest BCUT2D eigenvalue weighted by Crippen LogP contribution is -2.64. The van der Waals surface area contributed by atoms with Gasteiger partial charge in [0, 0.05) is 51.1 Å². The molecule has 2 atom stereocenters. The predicted octanol–water partition coefficient (Wildman–Crippen LogP) is 11.0. The maximum atomic E-state index is 6.86. The predicted molar refractivity (Wildman–Crippen MR) is 228 cm³/mol. The molecule has 0 spiro atoms. The Balaban J connectivity index is 1.78. The van der Waals surface area contributed by atoms with Crippen molar-refractivity contribution in [1.29, 1.82) is 0 Å². The quantitative estimate of drug-likeness (QED) is 0.0329. The number of rotatable bonds is 27.